The van der Waals surface area contributed by atoms with Crippen molar-refractivity contribution in [3.8, 4) is 0 Å². The summed E-state index contributed by atoms with van der Waals surface area (Å²) in [4.78, 5) is 10.9. The van der Waals surface area contributed by atoms with Gasteiger partial charge in [-0.3, -0.25) is 4.79 Å². The number of carbonyl (C=O) groups excluding carboxylic acids is 1. The zero-order valence-corrected chi connectivity index (χ0v) is 6.86. The molecule has 1 heterocycles. The number of carbonyl (C=O) groups is 1. The van der Waals surface area contributed by atoms with E-state index in [1.165, 1.54) is 0 Å². The van der Waals surface area contributed by atoms with Crippen LogP contribution in [-0.4, -0.2) is 11.9 Å². The summed E-state index contributed by atoms with van der Waals surface area (Å²) in [7, 11) is 0. The molecule has 1 aliphatic heterocycles. The van der Waals surface area contributed by atoms with E-state index in [0.717, 1.165) is 5.56 Å². The molecule has 0 unspecified atom stereocenters. The van der Waals surface area contributed by atoms with Crippen molar-refractivity contribution in [3.63, 3.8) is 0 Å². The van der Waals surface area contributed by atoms with Crippen LogP contribution in [0.4, 0.5) is 0 Å². The van der Waals surface area contributed by atoms with E-state index in [1.54, 1.807) is 6.92 Å². The minimum Gasteiger partial charge on any atom is -0.356 e. The molecule has 1 aromatic carbocycles. The van der Waals surface area contributed by atoms with Crippen molar-refractivity contribution in [2.75, 3.05) is 0 Å². The highest BCUT2D eigenvalue weighted by Gasteiger charge is 2.43. The van der Waals surface area contributed by atoms with Crippen molar-refractivity contribution < 1.29 is 9.53 Å². The molecule has 0 saturated carbocycles. The Bertz CT molecular complexity index is 292. The highest BCUT2D eigenvalue weighted by atomic mass is 16.6. The fourth-order valence-corrected chi connectivity index (χ4v) is 1.32. The van der Waals surface area contributed by atoms with E-state index in [2.05, 4.69) is 0 Å². The van der Waals surface area contributed by atoms with Crippen molar-refractivity contribution in [2.24, 2.45) is 0 Å². The number of epoxide rings is 1. The van der Waals surface area contributed by atoms with Gasteiger partial charge in [0.2, 0.25) is 0 Å². The summed E-state index contributed by atoms with van der Waals surface area (Å²) in [5.74, 6) is 0.115. The maximum Gasteiger partial charge on any atom is 0.161 e. The zero-order chi connectivity index (χ0) is 8.55. The standard InChI is InChI=1S/C10H10O2/c1-7(11)9-10(12-9)8-5-3-2-4-6-8/h2-6,9-10H,1H3/t9-,10-/m0/s1. The molecule has 0 aromatic heterocycles. The van der Waals surface area contributed by atoms with Gasteiger partial charge in [-0.1, -0.05) is 30.3 Å². The van der Waals surface area contributed by atoms with Crippen LogP contribution < -0.4 is 0 Å². The first-order chi connectivity index (χ1) is 5.79. The van der Waals surface area contributed by atoms with Gasteiger partial charge in [0.05, 0.1) is 0 Å². The molecule has 0 N–H and O–H groups in total. The third kappa shape index (κ3) is 1.25. The van der Waals surface area contributed by atoms with E-state index in [0.29, 0.717) is 0 Å². The van der Waals surface area contributed by atoms with Crippen molar-refractivity contribution in [2.45, 2.75) is 19.1 Å². The van der Waals surface area contributed by atoms with Gasteiger partial charge < -0.3 is 4.74 Å². The Labute approximate surface area is 71.2 Å². The molecule has 0 aliphatic carbocycles. The molecule has 1 saturated heterocycles. The molecule has 2 heteroatoms. The fourth-order valence-electron chi connectivity index (χ4n) is 1.32. The molecule has 2 atom stereocenters. The summed E-state index contributed by atoms with van der Waals surface area (Å²) < 4.78 is 5.21. The van der Waals surface area contributed by atoms with Gasteiger partial charge in [0.1, 0.15) is 12.2 Å². The number of Topliss-reactive ketones (excluding diaryl/α,β-unsaturated/α-hetero) is 1. The lowest BCUT2D eigenvalue weighted by atomic mass is 10.1. The van der Waals surface area contributed by atoms with Gasteiger partial charge in [-0.25, -0.2) is 0 Å². The third-order valence-electron chi connectivity index (χ3n) is 2.02. The van der Waals surface area contributed by atoms with Crippen LogP contribution in [-0.2, 0) is 9.53 Å². The summed E-state index contributed by atoms with van der Waals surface area (Å²) in [6.07, 6.45) is -0.170. The van der Waals surface area contributed by atoms with Gasteiger partial charge in [0, 0.05) is 0 Å². The van der Waals surface area contributed by atoms with E-state index >= 15 is 0 Å². The van der Waals surface area contributed by atoms with E-state index in [1.807, 2.05) is 30.3 Å². The van der Waals surface area contributed by atoms with Crippen molar-refractivity contribution in [3.05, 3.63) is 35.9 Å². The number of ether oxygens (including phenoxy) is 1. The lowest BCUT2D eigenvalue weighted by Crippen LogP contribution is -2.00. The van der Waals surface area contributed by atoms with E-state index < -0.39 is 0 Å². The first-order valence-corrected chi connectivity index (χ1v) is 4.00. The number of benzene rings is 1. The van der Waals surface area contributed by atoms with E-state index in [9.17, 15) is 4.79 Å². The molecule has 0 radical (unpaired) electrons. The minimum atomic E-state index is -0.188. The zero-order valence-electron chi connectivity index (χ0n) is 6.86. The lowest BCUT2D eigenvalue weighted by Gasteiger charge is -1.91. The Morgan fingerprint density at radius 2 is 2.00 bits per heavy atom. The smallest absolute Gasteiger partial charge is 0.161 e. The normalized spacial score (nSPS) is 26.8. The van der Waals surface area contributed by atoms with Crippen LogP contribution in [0, 0.1) is 0 Å². The molecule has 12 heavy (non-hydrogen) atoms. The van der Waals surface area contributed by atoms with Gasteiger partial charge in [-0.05, 0) is 12.5 Å². The first-order valence-electron chi connectivity index (χ1n) is 4.00. The fraction of sp³-hybridized carbons (Fsp3) is 0.300. The van der Waals surface area contributed by atoms with Gasteiger partial charge in [0.15, 0.2) is 5.78 Å². The summed E-state index contributed by atoms with van der Waals surface area (Å²) >= 11 is 0. The topological polar surface area (TPSA) is 29.6 Å². The Hall–Kier alpha value is -1.15. The second kappa shape index (κ2) is 2.72. The molecule has 1 fully saturated rings. The van der Waals surface area contributed by atoms with Crippen LogP contribution in [0.1, 0.15) is 18.6 Å². The number of hydrogen-bond acceptors (Lipinski definition) is 2. The molecule has 62 valence electrons. The summed E-state index contributed by atoms with van der Waals surface area (Å²) in [5.41, 5.74) is 1.10. The summed E-state index contributed by atoms with van der Waals surface area (Å²) in [6, 6.07) is 9.82. The second-order valence-electron chi connectivity index (χ2n) is 3.00. The quantitative estimate of drug-likeness (QED) is 0.619. The summed E-state index contributed by atoms with van der Waals surface area (Å²) in [6.45, 7) is 1.56. The van der Waals surface area contributed by atoms with Gasteiger partial charge in [-0.15, -0.1) is 0 Å². The Kier molecular flexibility index (Phi) is 1.70. The molecule has 0 amide bonds. The van der Waals surface area contributed by atoms with Gasteiger partial charge >= 0.3 is 0 Å². The van der Waals surface area contributed by atoms with Crippen LogP contribution in [0.15, 0.2) is 30.3 Å². The maximum atomic E-state index is 10.9. The van der Waals surface area contributed by atoms with Crippen molar-refractivity contribution in [1.29, 1.82) is 0 Å². The molecular formula is C10H10O2. The molecule has 2 rings (SSSR count). The predicted octanol–water partition coefficient (Wildman–Crippen LogP) is 1.72. The predicted molar refractivity (Wildman–Crippen MR) is 44.7 cm³/mol. The van der Waals surface area contributed by atoms with Crippen LogP contribution in [0.25, 0.3) is 0 Å². The third-order valence-corrected chi connectivity index (χ3v) is 2.02. The average Bonchev–Trinajstić information content (AvgIpc) is 2.84. The Morgan fingerprint density at radius 3 is 2.50 bits per heavy atom. The van der Waals surface area contributed by atoms with Crippen molar-refractivity contribution >= 4 is 5.78 Å². The van der Waals surface area contributed by atoms with Crippen LogP contribution in [0.3, 0.4) is 0 Å². The highest BCUT2D eigenvalue weighted by molar-refractivity contribution is 5.83. The largest absolute Gasteiger partial charge is 0.356 e. The monoisotopic (exact) mass is 162 g/mol. The number of rotatable bonds is 2. The SMILES string of the molecule is CC(=O)[C@@H]1O[C@H]1c1ccccc1. The Morgan fingerprint density at radius 1 is 1.33 bits per heavy atom. The molecule has 0 bridgehead atoms. The molecule has 2 nitrogen and oxygen atoms in total. The lowest BCUT2D eigenvalue weighted by molar-refractivity contribution is -0.118. The van der Waals surface area contributed by atoms with Crippen molar-refractivity contribution in [1.82, 2.24) is 0 Å². The minimum absolute atomic E-state index is 0.0173. The van der Waals surface area contributed by atoms with E-state index in [-0.39, 0.29) is 18.0 Å². The number of hydrogen-bond donors (Lipinski definition) is 0. The first kappa shape index (κ1) is 7.50. The highest BCUT2D eigenvalue weighted by Crippen LogP contribution is 2.38. The molecular weight excluding hydrogens is 152 g/mol. The van der Waals surface area contributed by atoms with Crippen LogP contribution >= 0.6 is 0 Å². The number of ketones is 1. The maximum absolute atomic E-state index is 10.9. The molecule has 1 aromatic rings. The molecule has 1 aliphatic rings. The van der Waals surface area contributed by atoms with E-state index in [4.69, 9.17) is 4.74 Å². The average molecular weight is 162 g/mol. The van der Waals surface area contributed by atoms with Crippen LogP contribution in [0.5, 0.6) is 0 Å². The molecule has 0 spiro atoms. The Balaban J connectivity index is 2.11. The van der Waals surface area contributed by atoms with Gasteiger partial charge in [-0.2, -0.15) is 0 Å². The summed E-state index contributed by atoms with van der Waals surface area (Å²) in [5, 5.41) is 0. The van der Waals surface area contributed by atoms with Crippen LogP contribution in [0.2, 0.25) is 0 Å². The van der Waals surface area contributed by atoms with Gasteiger partial charge in [0.25, 0.3) is 0 Å². The second-order valence-corrected chi connectivity index (χ2v) is 3.00.